The molecular formula is C14H18N2O. The van der Waals surface area contributed by atoms with Crippen molar-refractivity contribution in [2.45, 2.75) is 31.7 Å². The van der Waals surface area contributed by atoms with Gasteiger partial charge in [-0.2, -0.15) is 0 Å². The second-order valence-electron chi connectivity index (χ2n) is 4.28. The Morgan fingerprint density at radius 1 is 1.53 bits per heavy atom. The van der Waals surface area contributed by atoms with Crippen molar-refractivity contribution in [3.63, 3.8) is 0 Å². The molecule has 90 valence electrons. The molecule has 17 heavy (non-hydrogen) atoms. The number of nitrogens with two attached hydrogens (primary N) is 1. The predicted octanol–water partition coefficient (Wildman–Crippen LogP) is 1.93. The zero-order valence-corrected chi connectivity index (χ0v) is 9.91. The summed E-state index contributed by atoms with van der Waals surface area (Å²) in [6.45, 7) is 0.788. The number of fused-ring (bicyclic) bond motifs is 1. The first-order valence-electron chi connectivity index (χ1n) is 6.00. The minimum Gasteiger partial charge on any atom is -0.493 e. The first kappa shape index (κ1) is 12.0. The average molecular weight is 230 g/mol. The molecule has 1 heterocycles. The Morgan fingerprint density at radius 3 is 3.18 bits per heavy atom. The molecule has 1 aromatic carbocycles. The number of rotatable bonds is 5. The zero-order chi connectivity index (χ0) is 12.1. The highest BCUT2D eigenvalue weighted by molar-refractivity contribution is 5.40. The van der Waals surface area contributed by atoms with E-state index >= 15 is 0 Å². The van der Waals surface area contributed by atoms with E-state index in [9.17, 15) is 0 Å². The van der Waals surface area contributed by atoms with Crippen molar-refractivity contribution in [2.75, 3.05) is 6.61 Å². The molecule has 3 N–H and O–H groups in total. The minimum absolute atomic E-state index is 0.175. The third kappa shape index (κ3) is 2.79. The zero-order valence-electron chi connectivity index (χ0n) is 9.91. The molecule has 0 amide bonds. The molecule has 1 aliphatic rings. The lowest BCUT2D eigenvalue weighted by molar-refractivity contribution is 0.356. The molecule has 2 rings (SSSR count). The highest BCUT2D eigenvalue weighted by Crippen LogP contribution is 2.29. The number of benzene rings is 1. The molecule has 0 bridgehead atoms. The Bertz CT molecular complexity index is 423. The molecule has 1 aromatic rings. The van der Waals surface area contributed by atoms with Crippen LogP contribution in [0.25, 0.3) is 0 Å². The van der Waals surface area contributed by atoms with Gasteiger partial charge < -0.3 is 4.74 Å². The lowest BCUT2D eigenvalue weighted by Gasteiger charge is -2.16. The number of ether oxygens (including phenoxy) is 1. The quantitative estimate of drug-likeness (QED) is 0.352. The number of hydrogen-bond acceptors (Lipinski definition) is 3. The number of nitrogens with one attached hydrogen (secondary N) is 1. The van der Waals surface area contributed by atoms with Gasteiger partial charge in [-0.1, -0.05) is 12.1 Å². The van der Waals surface area contributed by atoms with E-state index in [1.807, 2.05) is 6.07 Å². The van der Waals surface area contributed by atoms with Crippen LogP contribution in [0.4, 0.5) is 0 Å². The van der Waals surface area contributed by atoms with Gasteiger partial charge in [0.25, 0.3) is 0 Å². The van der Waals surface area contributed by atoms with Gasteiger partial charge in [-0.05, 0) is 30.0 Å². The largest absolute Gasteiger partial charge is 0.493 e. The van der Waals surface area contributed by atoms with Crippen molar-refractivity contribution in [1.29, 1.82) is 0 Å². The number of hydrazine groups is 1. The fraction of sp³-hybridized carbons (Fsp3) is 0.429. The molecule has 3 heteroatoms. The van der Waals surface area contributed by atoms with Crippen molar-refractivity contribution in [3.8, 4) is 18.1 Å². The lowest BCUT2D eigenvalue weighted by atomic mass is 9.99. The van der Waals surface area contributed by atoms with Crippen LogP contribution in [0.2, 0.25) is 0 Å². The van der Waals surface area contributed by atoms with Gasteiger partial charge in [-0.25, -0.2) is 0 Å². The third-order valence-electron chi connectivity index (χ3n) is 3.13. The van der Waals surface area contributed by atoms with Crippen molar-refractivity contribution >= 4 is 0 Å². The average Bonchev–Trinajstić information content (AvgIpc) is 2.82. The van der Waals surface area contributed by atoms with E-state index in [0.717, 1.165) is 38.0 Å². The van der Waals surface area contributed by atoms with Gasteiger partial charge in [-0.3, -0.25) is 11.3 Å². The highest BCUT2D eigenvalue weighted by atomic mass is 16.5. The van der Waals surface area contributed by atoms with Gasteiger partial charge in [0.2, 0.25) is 0 Å². The lowest BCUT2D eigenvalue weighted by Crippen LogP contribution is -2.28. The van der Waals surface area contributed by atoms with Gasteiger partial charge in [0.15, 0.2) is 0 Å². The topological polar surface area (TPSA) is 47.3 Å². The van der Waals surface area contributed by atoms with E-state index in [1.165, 1.54) is 11.1 Å². The molecule has 0 fully saturated rings. The third-order valence-corrected chi connectivity index (χ3v) is 3.13. The van der Waals surface area contributed by atoms with Gasteiger partial charge >= 0.3 is 0 Å². The maximum absolute atomic E-state index is 5.60. The maximum Gasteiger partial charge on any atom is 0.122 e. The molecule has 0 saturated carbocycles. The first-order chi connectivity index (χ1) is 8.35. The fourth-order valence-electron chi connectivity index (χ4n) is 2.18. The van der Waals surface area contributed by atoms with E-state index in [-0.39, 0.29) is 6.04 Å². The number of unbranched alkanes of at least 4 members (excludes halogenated alkanes) is 1. The first-order valence-corrected chi connectivity index (χ1v) is 6.00. The van der Waals surface area contributed by atoms with E-state index in [2.05, 4.69) is 23.5 Å². The molecule has 1 atom stereocenters. The molecule has 0 radical (unpaired) electrons. The van der Waals surface area contributed by atoms with Crippen molar-refractivity contribution < 1.29 is 4.74 Å². The summed E-state index contributed by atoms with van der Waals surface area (Å²) >= 11 is 0. The summed E-state index contributed by atoms with van der Waals surface area (Å²) in [5.74, 6) is 9.26. The van der Waals surface area contributed by atoms with Crippen molar-refractivity contribution in [2.24, 2.45) is 5.84 Å². The molecule has 0 saturated heterocycles. The van der Waals surface area contributed by atoms with Crippen LogP contribution in [0, 0.1) is 12.3 Å². The second kappa shape index (κ2) is 5.72. The smallest absolute Gasteiger partial charge is 0.122 e. The van der Waals surface area contributed by atoms with Crippen LogP contribution in [0.5, 0.6) is 5.75 Å². The molecule has 0 spiro atoms. The molecule has 0 aliphatic carbocycles. The number of hydrogen-bond donors (Lipinski definition) is 2. The summed E-state index contributed by atoms with van der Waals surface area (Å²) in [5, 5.41) is 0. The van der Waals surface area contributed by atoms with Gasteiger partial charge in [0.05, 0.1) is 6.61 Å². The van der Waals surface area contributed by atoms with Crippen LogP contribution in [0.15, 0.2) is 18.2 Å². The van der Waals surface area contributed by atoms with Crippen LogP contribution in [-0.4, -0.2) is 6.61 Å². The Kier molecular flexibility index (Phi) is 4.03. The molecule has 1 aliphatic heterocycles. The van der Waals surface area contributed by atoms with E-state index in [4.69, 9.17) is 17.0 Å². The Labute approximate surface area is 102 Å². The summed E-state index contributed by atoms with van der Waals surface area (Å²) in [6.07, 6.45) is 8.98. The minimum atomic E-state index is 0.175. The van der Waals surface area contributed by atoms with E-state index in [1.54, 1.807) is 0 Å². The van der Waals surface area contributed by atoms with Gasteiger partial charge in [0, 0.05) is 18.9 Å². The molecular weight excluding hydrogens is 212 g/mol. The Balaban J connectivity index is 2.06. The molecule has 0 aromatic heterocycles. The van der Waals surface area contributed by atoms with E-state index < -0.39 is 0 Å². The van der Waals surface area contributed by atoms with Crippen LogP contribution < -0.4 is 16.0 Å². The van der Waals surface area contributed by atoms with Crippen LogP contribution in [0.1, 0.15) is 36.4 Å². The van der Waals surface area contributed by atoms with Crippen LogP contribution >= 0.6 is 0 Å². The summed E-state index contributed by atoms with van der Waals surface area (Å²) in [5.41, 5.74) is 5.35. The Hall–Kier alpha value is -1.50. The predicted molar refractivity (Wildman–Crippen MR) is 68.4 cm³/mol. The van der Waals surface area contributed by atoms with Crippen LogP contribution in [-0.2, 0) is 6.42 Å². The summed E-state index contributed by atoms with van der Waals surface area (Å²) < 4.78 is 5.49. The summed E-state index contributed by atoms with van der Waals surface area (Å²) in [6, 6.07) is 6.46. The maximum atomic E-state index is 5.60. The van der Waals surface area contributed by atoms with Gasteiger partial charge in [0.1, 0.15) is 5.75 Å². The number of terminal acetylenes is 1. The highest BCUT2D eigenvalue weighted by Gasteiger charge is 2.15. The monoisotopic (exact) mass is 230 g/mol. The normalized spacial score (nSPS) is 14.8. The standard InChI is InChI=1S/C14H18N2O/c1-2-3-4-5-13(16-15)11-6-7-14-12(10-11)8-9-17-14/h1,6-7,10,13,16H,3-5,8-9,15H2. The Morgan fingerprint density at radius 2 is 2.41 bits per heavy atom. The van der Waals surface area contributed by atoms with Crippen molar-refractivity contribution in [1.82, 2.24) is 5.43 Å². The van der Waals surface area contributed by atoms with Crippen LogP contribution in [0.3, 0.4) is 0 Å². The summed E-state index contributed by atoms with van der Waals surface area (Å²) in [4.78, 5) is 0. The van der Waals surface area contributed by atoms with Crippen molar-refractivity contribution in [3.05, 3.63) is 29.3 Å². The van der Waals surface area contributed by atoms with Gasteiger partial charge in [-0.15, -0.1) is 12.3 Å². The molecule has 1 unspecified atom stereocenters. The summed E-state index contributed by atoms with van der Waals surface area (Å²) in [7, 11) is 0. The second-order valence-corrected chi connectivity index (χ2v) is 4.28. The fourth-order valence-corrected chi connectivity index (χ4v) is 2.18. The SMILES string of the molecule is C#CCCCC(NN)c1ccc2c(c1)CCO2. The molecule has 3 nitrogen and oxygen atoms in total. The van der Waals surface area contributed by atoms with E-state index in [0.29, 0.717) is 0 Å².